The number of ether oxygens (including phenoxy) is 1. The zero-order valence-electron chi connectivity index (χ0n) is 20.4. The largest absolute Gasteiger partial charge is 0.457 e. The van der Waals surface area contributed by atoms with Gasteiger partial charge >= 0.3 is 6.18 Å². The monoisotopic (exact) mass is 546 g/mol. The molecule has 2 aromatic carbocycles. The number of fused-ring (bicyclic) bond motifs is 1. The molecule has 13 heteroatoms. The van der Waals surface area contributed by atoms with E-state index in [4.69, 9.17) is 4.74 Å². The molecule has 5 aromatic rings. The van der Waals surface area contributed by atoms with E-state index in [-0.39, 0.29) is 34.5 Å². The number of halogens is 6. The van der Waals surface area contributed by atoms with Crippen molar-refractivity contribution in [2.24, 2.45) is 0 Å². The van der Waals surface area contributed by atoms with Gasteiger partial charge in [0.1, 0.15) is 28.7 Å². The molecule has 3 heterocycles. The summed E-state index contributed by atoms with van der Waals surface area (Å²) in [6.45, 7) is 3.02. The number of benzene rings is 2. The van der Waals surface area contributed by atoms with Crippen molar-refractivity contribution in [2.75, 3.05) is 5.32 Å². The molecule has 7 nitrogen and oxygen atoms in total. The molecule has 0 saturated carbocycles. The molecule has 202 valence electrons. The van der Waals surface area contributed by atoms with Crippen LogP contribution in [0.4, 0.5) is 38.0 Å². The number of hydrogen-bond donors (Lipinski definition) is 2. The Kier molecular flexibility index (Phi) is 6.44. The van der Waals surface area contributed by atoms with Crippen LogP contribution in [0.3, 0.4) is 0 Å². The SMILES string of the molecule is CCn1c(Nc2cc(C(C)(F)F)ccc2F)nc2cc(Oc3ccnc(-c4ncc(C(F)(F)F)[nH]4)c3)ccc21. The van der Waals surface area contributed by atoms with Gasteiger partial charge in [0.15, 0.2) is 5.82 Å². The summed E-state index contributed by atoms with van der Waals surface area (Å²) >= 11 is 0. The number of nitrogens with one attached hydrogen (secondary N) is 2. The lowest BCUT2D eigenvalue weighted by atomic mass is 10.1. The summed E-state index contributed by atoms with van der Waals surface area (Å²) in [4.78, 5) is 14.5. The number of pyridine rings is 1. The van der Waals surface area contributed by atoms with Gasteiger partial charge in [-0.2, -0.15) is 13.2 Å². The van der Waals surface area contributed by atoms with Gasteiger partial charge in [0.25, 0.3) is 5.92 Å². The Balaban J connectivity index is 1.42. The van der Waals surface area contributed by atoms with Gasteiger partial charge in [-0.05, 0) is 37.3 Å². The third-order valence-electron chi connectivity index (χ3n) is 5.85. The van der Waals surface area contributed by atoms with Gasteiger partial charge in [0.2, 0.25) is 5.95 Å². The fourth-order valence-electron chi connectivity index (χ4n) is 3.94. The topological polar surface area (TPSA) is 80.7 Å². The molecule has 2 N–H and O–H groups in total. The van der Waals surface area contributed by atoms with Crippen molar-refractivity contribution in [2.45, 2.75) is 32.5 Å². The van der Waals surface area contributed by atoms with Gasteiger partial charge in [-0.1, -0.05) is 6.07 Å². The second-order valence-electron chi connectivity index (χ2n) is 8.66. The lowest BCUT2D eigenvalue weighted by Gasteiger charge is -2.14. The van der Waals surface area contributed by atoms with Crippen LogP contribution in [0, 0.1) is 5.82 Å². The molecule has 0 bridgehead atoms. The Morgan fingerprint density at radius 1 is 0.974 bits per heavy atom. The average Bonchev–Trinajstić information content (AvgIpc) is 3.50. The third-order valence-corrected chi connectivity index (χ3v) is 5.85. The molecule has 0 radical (unpaired) electrons. The van der Waals surface area contributed by atoms with E-state index in [9.17, 15) is 26.3 Å². The first kappa shape index (κ1) is 26.1. The van der Waals surface area contributed by atoms with E-state index in [0.717, 1.165) is 25.1 Å². The van der Waals surface area contributed by atoms with Gasteiger partial charge < -0.3 is 19.6 Å². The van der Waals surface area contributed by atoms with E-state index in [1.54, 1.807) is 22.8 Å². The summed E-state index contributed by atoms with van der Waals surface area (Å²) in [6.07, 6.45) is -2.51. The number of alkyl halides is 5. The van der Waals surface area contributed by atoms with Crippen molar-refractivity contribution < 1.29 is 31.1 Å². The normalized spacial score (nSPS) is 12.2. The number of aromatic nitrogens is 5. The van der Waals surface area contributed by atoms with Crippen LogP contribution in [0.1, 0.15) is 25.1 Å². The van der Waals surface area contributed by atoms with Crippen molar-refractivity contribution in [3.05, 3.63) is 78.0 Å². The predicted molar refractivity (Wildman–Crippen MR) is 132 cm³/mol. The number of nitrogens with zero attached hydrogens (tertiary/aromatic N) is 4. The lowest BCUT2D eigenvalue weighted by Crippen LogP contribution is -2.09. The molecule has 0 aliphatic heterocycles. The van der Waals surface area contributed by atoms with E-state index in [1.807, 2.05) is 6.92 Å². The first-order valence-electron chi connectivity index (χ1n) is 11.6. The van der Waals surface area contributed by atoms with Crippen LogP contribution in [0.5, 0.6) is 11.5 Å². The van der Waals surface area contributed by atoms with E-state index >= 15 is 0 Å². The van der Waals surface area contributed by atoms with Gasteiger partial charge in [-0.15, -0.1) is 0 Å². The average molecular weight is 546 g/mol. The summed E-state index contributed by atoms with van der Waals surface area (Å²) in [6, 6.07) is 11.0. The number of anilines is 2. The van der Waals surface area contributed by atoms with E-state index < -0.39 is 23.6 Å². The summed E-state index contributed by atoms with van der Waals surface area (Å²) < 4.78 is 88.3. The van der Waals surface area contributed by atoms with Crippen molar-refractivity contribution in [1.82, 2.24) is 24.5 Å². The fraction of sp³-hybridized carbons (Fsp3) is 0.192. The molecule has 39 heavy (non-hydrogen) atoms. The van der Waals surface area contributed by atoms with Gasteiger partial charge in [0.05, 0.1) is 22.9 Å². The highest BCUT2D eigenvalue weighted by atomic mass is 19.4. The summed E-state index contributed by atoms with van der Waals surface area (Å²) in [5.74, 6) is -3.04. The van der Waals surface area contributed by atoms with Crippen LogP contribution in [0.15, 0.2) is 60.9 Å². The number of rotatable bonds is 7. The molecular weight excluding hydrogens is 526 g/mol. The van der Waals surface area contributed by atoms with E-state index in [0.29, 0.717) is 29.5 Å². The maximum Gasteiger partial charge on any atom is 0.432 e. The van der Waals surface area contributed by atoms with Crippen LogP contribution in [-0.4, -0.2) is 24.5 Å². The fourth-order valence-corrected chi connectivity index (χ4v) is 3.94. The first-order valence-corrected chi connectivity index (χ1v) is 11.6. The molecule has 0 amide bonds. The number of H-pyrrole nitrogens is 1. The number of aryl methyl sites for hydroxylation is 1. The second kappa shape index (κ2) is 9.64. The molecule has 0 aliphatic rings. The Morgan fingerprint density at radius 2 is 1.74 bits per heavy atom. The third kappa shape index (κ3) is 5.38. The molecule has 3 aromatic heterocycles. The number of imidazole rings is 2. The van der Waals surface area contributed by atoms with Crippen LogP contribution >= 0.6 is 0 Å². The number of hydrogen-bond acceptors (Lipinski definition) is 5. The minimum absolute atomic E-state index is 0.0715. The van der Waals surface area contributed by atoms with Crippen molar-refractivity contribution in [1.29, 1.82) is 0 Å². The molecule has 0 unspecified atom stereocenters. The Hall–Kier alpha value is -4.55. The lowest BCUT2D eigenvalue weighted by molar-refractivity contribution is -0.140. The number of aromatic amines is 1. The van der Waals surface area contributed by atoms with Gasteiger partial charge in [-0.25, -0.2) is 23.1 Å². The predicted octanol–water partition coefficient (Wildman–Crippen LogP) is 7.65. The first-order chi connectivity index (χ1) is 18.4. The van der Waals surface area contributed by atoms with Crippen LogP contribution in [-0.2, 0) is 18.6 Å². The molecule has 0 atom stereocenters. The van der Waals surface area contributed by atoms with Gasteiger partial charge in [0, 0.05) is 37.4 Å². The van der Waals surface area contributed by atoms with Crippen LogP contribution in [0.25, 0.3) is 22.6 Å². The quantitative estimate of drug-likeness (QED) is 0.205. The zero-order valence-corrected chi connectivity index (χ0v) is 20.4. The molecule has 0 aliphatic carbocycles. The Bertz CT molecular complexity index is 1650. The van der Waals surface area contributed by atoms with Crippen LogP contribution < -0.4 is 10.1 Å². The van der Waals surface area contributed by atoms with Crippen molar-refractivity contribution in [3.8, 4) is 23.0 Å². The van der Waals surface area contributed by atoms with E-state index in [2.05, 4.69) is 25.3 Å². The Labute approximate surface area is 217 Å². The maximum atomic E-state index is 14.4. The van der Waals surface area contributed by atoms with Gasteiger partial charge in [-0.3, -0.25) is 4.98 Å². The standard InChI is InChI=1S/C26H20F6N6O/c1-3-38-21-7-5-15(39-16-8-9-33-20(12-16)23-34-13-22(37-23)26(30,31)32)11-19(21)36-24(38)35-18-10-14(25(2,28)29)4-6-17(18)27/h4-13H,3H2,1-2H3,(H,34,37)(H,35,36). The Morgan fingerprint density at radius 3 is 2.44 bits per heavy atom. The summed E-state index contributed by atoms with van der Waals surface area (Å²) in [5, 5.41) is 2.80. The van der Waals surface area contributed by atoms with Crippen molar-refractivity contribution in [3.63, 3.8) is 0 Å². The highest BCUT2D eigenvalue weighted by Crippen LogP contribution is 2.34. The molecule has 0 spiro atoms. The smallest absolute Gasteiger partial charge is 0.432 e. The van der Waals surface area contributed by atoms with Crippen molar-refractivity contribution >= 4 is 22.7 Å². The maximum absolute atomic E-state index is 14.4. The second-order valence-corrected chi connectivity index (χ2v) is 8.66. The molecule has 0 fully saturated rings. The molecular formula is C26H20F6N6O. The highest BCUT2D eigenvalue weighted by Gasteiger charge is 2.33. The minimum atomic E-state index is -4.57. The molecule has 5 rings (SSSR count). The summed E-state index contributed by atoms with van der Waals surface area (Å²) in [7, 11) is 0. The molecule has 0 saturated heterocycles. The van der Waals surface area contributed by atoms with Crippen LogP contribution in [0.2, 0.25) is 0 Å². The van der Waals surface area contributed by atoms with E-state index in [1.165, 1.54) is 18.3 Å². The zero-order chi connectivity index (χ0) is 27.9. The summed E-state index contributed by atoms with van der Waals surface area (Å²) in [5.41, 5.74) is -0.192. The highest BCUT2D eigenvalue weighted by molar-refractivity contribution is 5.81. The minimum Gasteiger partial charge on any atom is -0.457 e.